The van der Waals surface area contributed by atoms with Crippen LogP contribution in [-0.2, 0) is 0 Å². The van der Waals surface area contributed by atoms with Gasteiger partial charge in [0, 0.05) is 16.8 Å². The van der Waals surface area contributed by atoms with Gasteiger partial charge in [-0.2, -0.15) is 5.26 Å². The van der Waals surface area contributed by atoms with Gasteiger partial charge in [0.2, 0.25) is 0 Å². The second-order valence-electron chi connectivity index (χ2n) is 4.65. The molecule has 2 heteroatoms. The molecule has 0 fully saturated rings. The minimum atomic E-state index is 0.0781. The lowest BCUT2D eigenvalue weighted by molar-refractivity contribution is 0.449. The third kappa shape index (κ3) is 3.10. The van der Waals surface area contributed by atoms with Crippen molar-refractivity contribution < 1.29 is 0 Å². The quantitative estimate of drug-likeness (QED) is 0.670. The van der Waals surface area contributed by atoms with Crippen molar-refractivity contribution in [3.63, 3.8) is 0 Å². The highest BCUT2D eigenvalue weighted by molar-refractivity contribution is 5.29. The zero-order valence-corrected chi connectivity index (χ0v) is 8.78. The molecule has 72 valence electrons. The van der Waals surface area contributed by atoms with E-state index >= 15 is 0 Å². The number of nitrogens with one attached hydrogen (secondary N) is 1. The maximum absolute atomic E-state index is 8.91. The van der Waals surface area contributed by atoms with Crippen LogP contribution in [0.5, 0.6) is 0 Å². The molecule has 0 aromatic rings. The van der Waals surface area contributed by atoms with E-state index in [2.05, 4.69) is 32.2 Å². The molecule has 0 heterocycles. The van der Waals surface area contributed by atoms with E-state index in [0.29, 0.717) is 0 Å². The smallest absolute Gasteiger partial charge is 0.0965 e. The van der Waals surface area contributed by atoms with Gasteiger partial charge in [-0.15, -0.1) is 0 Å². The fraction of sp³-hybridized carbons (Fsp3) is 0.727. The van der Waals surface area contributed by atoms with Gasteiger partial charge in [0.1, 0.15) is 0 Å². The van der Waals surface area contributed by atoms with Crippen molar-refractivity contribution in [2.75, 3.05) is 0 Å². The van der Waals surface area contributed by atoms with Gasteiger partial charge >= 0.3 is 0 Å². The predicted octanol–water partition coefficient (Wildman–Crippen LogP) is 2.73. The molecule has 0 aromatic heterocycles. The highest BCUT2D eigenvalue weighted by Crippen LogP contribution is 2.23. The lowest BCUT2D eigenvalue weighted by Gasteiger charge is -2.27. The van der Waals surface area contributed by atoms with E-state index in [1.54, 1.807) is 0 Å². The Hall–Kier alpha value is -0.970. The topological polar surface area (TPSA) is 35.8 Å². The zero-order chi connectivity index (χ0) is 9.90. The van der Waals surface area contributed by atoms with Gasteiger partial charge in [0.25, 0.3) is 0 Å². The molecule has 0 saturated carbocycles. The monoisotopic (exact) mass is 178 g/mol. The summed E-state index contributed by atoms with van der Waals surface area (Å²) in [4.78, 5) is 0. The van der Waals surface area contributed by atoms with Crippen LogP contribution in [0.3, 0.4) is 0 Å². The maximum Gasteiger partial charge on any atom is 0.0965 e. The Labute approximate surface area is 80.6 Å². The van der Waals surface area contributed by atoms with E-state index in [-0.39, 0.29) is 5.54 Å². The van der Waals surface area contributed by atoms with Gasteiger partial charge in [0.15, 0.2) is 0 Å². The highest BCUT2D eigenvalue weighted by Gasteiger charge is 2.17. The minimum absolute atomic E-state index is 0.0781. The lowest BCUT2D eigenvalue weighted by Crippen LogP contribution is -2.36. The van der Waals surface area contributed by atoms with Crippen LogP contribution < -0.4 is 5.32 Å². The summed E-state index contributed by atoms with van der Waals surface area (Å²) >= 11 is 0. The van der Waals surface area contributed by atoms with Crippen LogP contribution in [0.25, 0.3) is 0 Å². The van der Waals surface area contributed by atoms with E-state index in [9.17, 15) is 0 Å². The first kappa shape index (κ1) is 10.1. The fourth-order valence-corrected chi connectivity index (χ4v) is 1.62. The Balaban J connectivity index is 2.75. The number of nitriles is 1. The molecule has 0 aliphatic heterocycles. The van der Waals surface area contributed by atoms with Crippen molar-refractivity contribution in [2.45, 2.75) is 52.0 Å². The Morgan fingerprint density at radius 1 is 1.23 bits per heavy atom. The van der Waals surface area contributed by atoms with Crippen molar-refractivity contribution in [1.82, 2.24) is 5.32 Å². The van der Waals surface area contributed by atoms with Crippen LogP contribution in [-0.4, -0.2) is 5.54 Å². The lowest BCUT2D eigenvalue weighted by atomic mass is 9.95. The molecule has 0 saturated heterocycles. The van der Waals surface area contributed by atoms with Crippen molar-refractivity contribution in [3.05, 3.63) is 11.3 Å². The third-order valence-electron chi connectivity index (χ3n) is 2.13. The molecule has 0 bridgehead atoms. The van der Waals surface area contributed by atoms with Crippen molar-refractivity contribution >= 4 is 0 Å². The second-order valence-corrected chi connectivity index (χ2v) is 4.65. The van der Waals surface area contributed by atoms with Crippen molar-refractivity contribution in [1.29, 1.82) is 5.26 Å². The SMILES string of the molecule is CC(C)(C)NC1=C(C#N)CCCC1. The van der Waals surface area contributed by atoms with Gasteiger partial charge in [-0.3, -0.25) is 0 Å². The predicted molar refractivity (Wildman–Crippen MR) is 54.0 cm³/mol. The normalized spacial score (nSPS) is 18.3. The molecular formula is C11H18N2. The summed E-state index contributed by atoms with van der Waals surface area (Å²) in [6.07, 6.45) is 4.37. The van der Waals surface area contributed by atoms with Crippen LogP contribution in [0.4, 0.5) is 0 Å². The van der Waals surface area contributed by atoms with E-state index in [0.717, 1.165) is 24.8 Å². The molecule has 1 rings (SSSR count). The number of hydrogen-bond donors (Lipinski definition) is 1. The van der Waals surface area contributed by atoms with Gasteiger partial charge < -0.3 is 5.32 Å². The van der Waals surface area contributed by atoms with Gasteiger partial charge in [-0.1, -0.05) is 0 Å². The van der Waals surface area contributed by atoms with Crippen LogP contribution in [0.1, 0.15) is 46.5 Å². The van der Waals surface area contributed by atoms with Crippen LogP contribution in [0, 0.1) is 11.3 Å². The molecule has 1 aliphatic rings. The number of rotatable bonds is 1. The summed E-state index contributed by atoms with van der Waals surface area (Å²) in [5.74, 6) is 0. The molecule has 2 nitrogen and oxygen atoms in total. The summed E-state index contributed by atoms with van der Waals surface area (Å²) < 4.78 is 0. The van der Waals surface area contributed by atoms with Crippen LogP contribution >= 0.6 is 0 Å². The first-order valence-electron chi connectivity index (χ1n) is 4.93. The first-order chi connectivity index (χ1) is 6.03. The maximum atomic E-state index is 8.91. The van der Waals surface area contributed by atoms with E-state index < -0.39 is 0 Å². The molecule has 1 N–H and O–H groups in total. The summed E-state index contributed by atoms with van der Waals surface area (Å²) in [6.45, 7) is 6.39. The molecule has 0 atom stereocenters. The molecule has 0 aromatic carbocycles. The molecule has 0 radical (unpaired) electrons. The number of hydrogen-bond acceptors (Lipinski definition) is 2. The standard InChI is InChI=1S/C11H18N2/c1-11(2,3)13-10-7-5-4-6-9(10)8-12/h13H,4-7H2,1-3H3. The van der Waals surface area contributed by atoms with E-state index in [1.165, 1.54) is 12.1 Å². The second kappa shape index (κ2) is 3.83. The van der Waals surface area contributed by atoms with E-state index in [4.69, 9.17) is 5.26 Å². The first-order valence-corrected chi connectivity index (χ1v) is 4.93. The number of nitrogens with zero attached hydrogens (tertiary/aromatic N) is 1. The molecular weight excluding hydrogens is 160 g/mol. The van der Waals surface area contributed by atoms with Crippen molar-refractivity contribution in [2.24, 2.45) is 0 Å². The highest BCUT2D eigenvalue weighted by atomic mass is 15.0. The Kier molecular flexibility index (Phi) is 2.98. The van der Waals surface area contributed by atoms with Gasteiger partial charge in [-0.05, 0) is 46.5 Å². The Morgan fingerprint density at radius 3 is 2.38 bits per heavy atom. The van der Waals surface area contributed by atoms with Crippen LogP contribution in [0.15, 0.2) is 11.3 Å². The summed E-state index contributed by atoms with van der Waals surface area (Å²) in [7, 11) is 0. The van der Waals surface area contributed by atoms with Gasteiger partial charge in [0.05, 0.1) is 6.07 Å². The summed E-state index contributed by atoms with van der Waals surface area (Å²) in [5, 5.41) is 12.3. The zero-order valence-electron chi connectivity index (χ0n) is 8.78. The molecule has 0 unspecified atom stereocenters. The minimum Gasteiger partial charge on any atom is -0.383 e. The Bertz CT molecular complexity index is 250. The molecule has 13 heavy (non-hydrogen) atoms. The van der Waals surface area contributed by atoms with Crippen LogP contribution in [0.2, 0.25) is 0 Å². The number of allylic oxidation sites excluding steroid dienone is 2. The Morgan fingerprint density at radius 2 is 1.85 bits per heavy atom. The molecule has 1 aliphatic carbocycles. The fourth-order valence-electron chi connectivity index (χ4n) is 1.62. The average molecular weight is 178 g/mol. The summed E-state index contributed by atoms with van der Waals surface area (Å²) in [6, 6.07) is 2.29. The third-order valence-corrected chi connectivity index (χ3v) is 2.13. The van der Waals surface area contributed by atoms with Crippen molar-refractivity contribution in [3.8, 4) is 6.07 Å². The molecule has 0 amide bonds. The van der Waals surface area contributed by atoms with E-state index in [1.807, 2.05) is 0 Å². The molecule has 0 spiro atoms. The summed E-state index contributed by atoms with van der Waals surface area (Å²) in [5.41, 5.74) is 2.21. The average Bonchev–Trinajstić information content (AvgIpc) is 2.02. The van der Waals surface area contributed by atoms with Gasteiger partial charge in [-0.25, -0.2) is 0 Å². The largest absolute Gasteiger partial charge is 0.383 e.